The zero-order chi connectivity index (χ0) is 20.1. The minimum absolute atomic E-state index is 0.134. The van der Waals surface area contributed by atoms with Crippen LogP contribution in [0.1, 0.15) is 5.56 Å². The number of nitrogens with zero attached hydrogens (tertiary/aromatic N) is 3. The molecule has 3 N–H and O–H groups in total. The van der Waals surface area contributed by atoms with Crippen molar-refractivity contribution in [2.24, 2.45) is 0 Å². The fourth-order valence-electron chi connectivity index (χ4n) is 2.55. The van der Waals surface area contributed by atoms with Gasteiger partial charge in [0.1, 0.15) is 11.5 Å². The topological polar surface area (TPSA) is 104 Å². The zero-order valence-electron chi connectivity index (χ0n) is 15.8. The average Bonchev–Trinajstić information content (AvgIpc) is 3.07. The molecule has 1 amide bonds. The molecule has 0 bridgehead atoms. The molecular formula is C19H21N5O3S. The number of thioether (sulfide) groups is 1. The van der Waals surface area contributed by atoms with E-state index in [9.17, 15) is 4.79 Å². The third-order valence-corrected chi connectivity index (χ3v) is 4.92. The summed E-state index contributed by atoms with van der Waals surface area (Å²) in [5.74, 6) is 7.89. The van der Waals surface area contributed by atoms with Gasteiger partial charge in [-0.05, 0) is 48.9 Å². The summed E-state index contributed by atoms with van der Waals surface area (Å²) in [6.45, 7) is 1.95. The lowest BCUT2D eigenvalue weighted by Gasteiger charge is -2.10. The normalized spacial score (nSPS) is 10.5. The first-order valence-electron chi connectivity index (χ1n) is 8.44. The lowest BCUT2D eigenvalue weighted by molar-refractivity contribution is -0.113. The Morgan fingerprint density at radius 3 is 2.57 bits per heavy atom. The molecule has 1 heterocycles. The molecule has 28 heavy (non-hydrogen) atoms. The van der Waals surface area contributed by atoms with Crippen LogP contribution in [0.4, 0.5) is 5.69 Å². The Kier molecular flexibility index (Phi) is 6.05. The van der Waals surface area contributed by atoms with E-state index in [2.05, 4.69) is 15.5 Å². The summed E-state index contributed by atoms with van der Waals surface area (Å²) in [7, 11) is 3.17. The monoisotopic (exact) mass is 399 g/mol. The molecule has 146 valence electrons. The fraction of sp³-hybridized carbons (Fsp3) is 0.211. The van der Waals surface area contributed by atoms with Crippen molar-refractivity contribution in [3.8, 4) is 22.9 Å². The second-order valence-corrected chi connectivity index (χ2v) is 6.89. The summed E-state index contributed by atoms with van der Waals surface area (Å²) in [6, 6.07) is 12.9. The van der Waals surface area contributed by atoms with E-state index in [0.29, 0.717) is 22.4 Å². The molecule has 0 saturated carbocycles. The molecule has 3 aromatic rings. The highest BCUT2D eigenvalue weighted by Crippen LogP contribution is 2.26. The summed E-state index contributed by atoms with van der Waals surface area (Å²) < 4.78 is 11.8. The zero-order valence-corrected chi connectivity index (χ0v) is 16.6. The number of benzene rings is 2. The number of nitrogens with two attached hydrogens (primary N) is 1. The number of hydrogen-bond donors (Lipinski definition) is 2. The minimum Gasteiger partial charge on any atom is -0.497 e. The number of methoxy groups -OCH3 is 2. The Bertz CT molecular complexity index is 972. The molecule has 0 unspecified atom stereocenters. The number of rotatable bonds is 7. The van der Waals surface area contributed by atoms with E-state index in [1.54, 1.807) is 14.2 Å². The van der Waals surface area contributed by atoms with Gasteiger partial charge in [-0.25, -0.2) is 4.68 Å². The molecule has 0 aliphatic rings. The van der Waals surface area contributed by atoms with Gasteiger partial charge in [-0.15, -0.1) is 10.2 Å². The summed E-state index contributed by atoms with van der Waals surface area (Å²) in [6.07, 6.45) is 0. The summed E-state index contributed by atoms with van der Waals surface area (Å²) in [4.78, 5) is 12.3. The molecule has 2 aromatic carbocycles. The first kappa shape index (κ1) is 19.6. The predicted octanol–water partition coefficient (Wildman–Crippen LogP) is 2.72. The van der Waals surface area contributed by atoms with Gasteiger partial charge in [-0.3, -0.25) is 4.79 Å². The van der Waals surface area contributed by atoms with Crippen molar-refractivity contribution < 1.29 is 14.3 Å². The van der Waals surface area contributed by atoms with Crippen molar-refractivity contribution in [1.82, 2.24) is 14.9 Å². The van der Waals surface area contributed by atoms with Crippen molar-refractivity contribution >= 4 is 23.4 Å². The van der Waals surface area contributed by atoms with Crippen molar-refractivity contribution in [3.63, 3.8) is 0 Å². The second-order valence-electron chi connectivity index (χ2n) is 5.95. The number of carbonyl (C=O) groups is 1. The molecule has 0 aliphatic carbocycles. The Morgan fingerprint density at radius 2 is 1.89 bits per heavy atom. The standard InChI is InChI=1S/C19H21N5O3S/c1-12-4-9-16(27-3)15(10-12)21-17(25)11-28-19-23-22-18(24(19)20)13-5-7-14(26-2)8-6-13/h4-10H,11,20H2,1-3H3,(H,21,25). The third-order valence-electron chi connectivity index (χ3n) is 3.97. The lowest BCUT2D eigenvalue weighted by atomic mass is 10.2. The Balaban J connectivity index is 1.66. The molecule has 0 atom stereocenters. The molecule has 0 saturated heterocycles. The van der Waals surface area contributed by atoms with Gasteiger partial charge in [0.2, 0.25) is 11.1 Å². The van der Waals surface area contributed by atoms with E-state index in [0.717, 1.165) is 16.9 Å². The maximum Gasteiger partial charge on any atom is 0.234 e. The summed E-state index contributed by atoms with van der Waals surface area (Å²) in [5.41, 5.74) is 2.45. The number of amides is 1. The average molecular weight is 399 g/mol. The number of aromatic nitrogens is 3. The number of ether oxygens (including phenoxy) is 2. The van der Waals surface area contributed by atoms with E-state index in [1.165, 1.54) is 16.4 Å². The van der Waals surface area contributed by atoms with Crippen LogP contribution in [-0.4, -0.2) is 40.8 Å². The molecule has 0 fully saturated rings. The lowest BCUT2D eigenvalue weighted by Crippen LogP contribution is -2.17. The molecule has 1 aromatic heterocycles. The highest BCUT2D eigenvalue weighted by Gasteiger charge is 2.15. The van der Waals surface area contributed by atoms with Crippen molar-refractivity contribution in [2.45, 2.75) is 12.1 Å². The van der Waals surface area contributed by atoms with Gasteiger partial charge >= 0.3 is 0 Å². The number of anilines is 1. The third kappa shape index (κ3) is 4.37. The summed E-state index contributed by atoms with van der Waals surface area (Å²) in [5, 5.41) is 11.5. The van der Waals surface area contributed by atoms with Crippen molar-refractivity contribution in [3.05, 3.63) is 48.0 Å². The highest BCUT2D eigenvalue weighted by atomic mass is 32.2. The molecule has 0 spiro atoms. The minimum atomic E-state index is -0.192. The van der Waals surface area contributed by atoms with Gasteiger partial charge in [-0.2, -0.15) is 0 Å². The molecule has 8 nitrogen and oxygen atoms in total. The molecule has 3 rings (SSSR count). The van der Waals surface area contributed by atoms with Crippen LogP contribution in [0, 0.1) is 6.92 Å². The SMILES string of the molecule is COc1ccc(-c2nnc(SCC(=O)Nc3cc(C)ccc3OC)n2N)cc1. The highest BCUT2D eigenvalue weighted by molar-refractivity contribution is 7.99. The number of carbonyl (C=O) groups excluding carboxylic acids is 1. The van der Waals surface area contributed by atoms with E-state index < -0.39 is 0 Å². The van der Waals surface area contributed by atoms with Crippen LogP contribution in [0.3, 0.4) is 0 Å². The van der Waals surface area contributed by atoms with Gasteiger partial charge < -0.3 is 20.6 Å². The molecular weight excluding hydrogens is 378 g/mol. The molecule has 9 heteroatoms. The molecule has 0 aliphatic heterocycles. The van der Waals surface area contributed by atoms with Crippen molar-refractivity contribution in [1.29, 1.82) is 0 Å². The largest absolute Gasteiger partial charge is 0.497 e. The second kappa shape index (κ2) is 8.66. The van der Waals surface area contributed by atoms with Crippen LogP contribution in [-0.2, 0) is 4.79 Å². The summed E-state index contributed by atoms with van der Waals surface area (Å²) >= 11 is 1.20. The van der Waals surface area contributed by atoms with E-state index in [4.69, 9.17) is 15.3 Å². The fourth-order valence-corrected chi connectivity index (χ4v) is 3.20. The van der Waals surface area contributed by atoms with Crippen LogP contribution in [0.15, 0.2) is 47.6 Å². The van der Waals surface area contributed by atoms with Crippen LogP contribution in [0.25, 0.3) is 11.4 Å². The van der Waals surface area contributed by atoms with Gasteiger partial charge in [0, 0.05) is 5.56 Å². The van der Waals surface area contributed by atoms with Gasteiger partial charge in [-0.1, -0.05) is 17.8 Å². The van der Waals surface area contributed by atoms with E-state index in [-0.39, 0.29) is 11.7 Å². The Hall–Kier alpha value is -3.20. The quantitative estimate of drug-likeness (QED) is 0.465. The Morgan fingerprint density at radius 1 is 1.14 bits per heavy atom. The van der Waals surface area contributed by atoms with Gasteiger partial charge in [0.15, 0.2) is 5.82 Å². The van der Waals surface area contributed by atoms with E-state index in [1.807, 2.05) is 49.4 Å². The van der Waals surface area contributed by atoms with Gasteiger partial charge in [0.05, 0.1) is 25.7 Å². The first-order valence-corrected chi connectivity index (χ1v) is 9.42. The number of aryl methyl sites for hydroxylation is 1. The van der Waals surface area contributed by atoms with Crippen LogP contribution in [0.5, 0.6) is 11.5 Å². The van der Waals surface area contributed by atoms with Gasteiger partial charge in [0.25, 0.3) is 0 Å². The van der Waals surface area contributed by atoms with E-state index >= 15 is 0 Å². The molecule has 0 radical (unpaired) electrons. The number of hydrogen-bond acceptors (Lipinski definition) is 7. The van der Waals surface area contributed by atoms with Crippen LogP contribution >= 0.6 is 11.8 Å². The van der Waals surface area contributed by atoms with Crippen molar-refractivity contribution in [2.75, 3.05) is 31.1 Å². The number of nitrogen functional groups attached to an aromatic ring is 1. The number of nitrogens with one attached hydrogen (secondary N) is 1. The first-order chi connectivity index (χ1) is 13.5. The Labute approximate surface area is 167 Å². The smallest absolute Gasteiger partial charge is 0.234 e. The maximum atomic E-state index is 12.3. The van der Waals surface area contributed by atoms with Crippen LogP contribution < -0.4 is 20.6 Å². The predicted molar refractivity (Wildman–Crippen MR) is 109 cm³/mol. The maximum absolute atomic E-state index is 12.3. The van der Waals surface area contributed by atoms with Crippen LogP contribution in [0.2, 0.25) is 0 Å².